The molecule has 0 radical (unpaired) electrons. The standard InChI is InChI=1S/C30H50O2/c1-25(2)15-16-27(5)20(17-25)19-9-10-22-28(6)13-12-23(31)26(3,4)21(28)11-14-29(22,7)30(19,8)18-24(27)32/h21-24,31-32H,9-18H2,1-8H3/t21?,22?,23-,24-,27+,28+,29-,30-/m1/s1. The van der Waals surface area contributed by atoms with Crippen molar-refractivity contribution in [1.82, 2.24) is 0 Å². The molecule has 182 valence electrons. The van der Waals surface area contributed by atoms with Gasteiger partial charge in [-0.25, -0.2) is 0 Å². The number of hydrogen-bond acceptors (Lipinski definition) is 2. The van der Waals surface area contributed by atoms with E-state index in [1.165, 1.54) is 38.5 Å². The predicted molar refractivity (Wildman–Crippen MR) is 132 cm³/mol. The molecule has 32 heavy (non-hydrogen) atoms. The molecule has 0 heterocycles. The van der Waals surface area contributed by atoms with Crippen molar-refractivity contribution in [1.29, 1.82) is 0 Å². The maximum atomic E-state index is 11.7. The number of hydrogen-bond donors (Lipinski definition) is 2. The van der Waals surface area contributed by atoms with E-state index in [9.17, 15) is 10.2 Å². The van der Waals surface area contributed by atoms with Crippen LogP contribution in [-0.4, -0.2) is 22.4 Å². The minimum atomic E-state index is -0.215. The van der Waals surface area contributed by atoms with E-state index in [0.29, 0.717) is 22.7 Å². The molecule has 0 aliphatic heterocycles. The molecule has 0 aromatic rings. The summed E-state index contributed by atoms with van der Waals surface area (Å²) in [5, 5.41) is 22.6. The lowest BCUT2D eigenvalue weighted by Gasteiger charge is -2.71. The van der Waals surface area contributed by atoms with Crippen LogP contribution in [0.1, 0.15) is 120 Å². The molecule has 0 aromatic heterocycles. The van der Waals surface area contributed by atoms with Crippen LogP contribution in [0.4, 0.5) is 0 Å². The first-order valence-corrected chi connectivity index (χ1v) is 13.7. The molecular formula is C30H50O2. The molecule has 0 amide bonds. The molecule has 0 spiro atoms. The normalized spacial score (nSPS) is 54.2. The fraction of sp³-hybridized carbons (Fsp3) is 0.933. The Balaban J connectivity index is 1.62. The van der Waals surface area contributed by atoms with E-state index in [4.69, 9.17) is 0 Å². The number of fused-ring (bicyclic) bond motifs is 6. The van der Waals surface area contributed by atoms with Crippen LogP contribution in [0.3, 0.4) is 0 Å². The molecular weight excluding hydrogens is 392 g/mol. The molecule has 2 N–H and O–H groups in total. The van der Waals surface area contributed by atoms with E-state index >= 15 is 0 Å². The largest absolute Gasteiger partial charge is 0.393 e. The minimum Gasteiger partial charge on any atom is -0.393 e. The number of aliphatic hydroxyl groups excluding tert-OH is 2. The number of rotatable bonds is 0. The van der Waals surface area contributed by atoms with Gasteiger partial charge in [-0.3, -0.25) is 0 Å². The van der Waals surface area contributed by atoms with E-state index in [1.807, 2.05) is 0 Å². The van der Waals surface area contributed by atoms with Crippen molar-refractivity contribution in [2.24, 2.45) is 44.3 Å². The van der Waals surface area contributed by atoms with Gasteiger partial charge in [0.15, 0.2) is 0 Å². The second kappa shape index (κ2) is 6.66. The van der Waals surface area contributed by atoms with Crippen LogP contribution in [0.25, 0.3) is 0 Å². The van der Waals surface area contributed by atoms with Gasteiger partial charge in [0, 0.05) is 5.41 Å². The molecule has 2 heteroatoms. The topological polar surface area (TPSA) is 40.5 Å². The van der Waals surface area contributed by atoms with E-state index in [-0.39, 0.29) is 33.9 Å². The predicted octanol–water partition coefficient (Wildman–Crippen LogP) is 7.28. The molecule has 2 unspecified atom stereocenters. The molecule has 4 saturated carbocycles. The average Bonchev–Trinajstić information content (AvgIpc) is 2.68. The Hall–Kier alpha value is -0.340. The molecule has 5 rings (SSSR count). The highest BCUT2D eigenvalue weighted by Gasteiger charge is 2.68. The van der Waals surface area contributed by atoms with Crippen LogP contribution in [0, 0.1) is 44.3 Å². The number of aliphatic hydroxyl groups is 2. The zero-order chi connectivity index (χ0) is 23.5. The molecule has 2 nitrogen and oxygen atoms in total. The first-order chi connectivity index (χ1) is 14.6. The SMILES string of the molecule is CC1(C)CC[C@@]2(C)C(=C3CCC4[C@@]5(C)CC[C@@H](O)C(C)(C)C5CC[C@@]4(C)[C@]3(C)C[C@H]2O)C1. The maximum absolute atomic E-state index is 11.7. The van der Waals surface area contributed by atoms with Crippen molar-refractivity contribution in [3.8, 4) is 0 Å². The van der Waals surface area contributed by atoms with Crippen LogP contribution in [0.15, 0.2) is 11.1 Å². The molecule has 0 bridgehead atoms. The summed E-state index contributed by atoms with van der Waals surface area (Å²) < 4.78 is 0. The van der Waals surface area contributed by atoms with Crippen LogP contribution in [0.5, 0.6) is 0 Å². The van der Waals surface area contributed by atoms with Gasteiger partial charge >= 0.3 is 0 Å². The fourth-order valence-electron chi connectivity index (χ4n) is 10.5. The van der Waals surface area contributed by atoms with Gasteiger partial charge in [0.05, 0.1) is 12.2 Å². The van der Waals surface area contributed by atoms with Crippen LogP contribution in [-0.2, 0) is 0 Å². The van der Waals surface area contributed by atoms with Gasteiger partial charge in [0.2, 0.25) is 0 Å². The molecule has 5 aliphatic rings. The van der Waals surface area contributed by atoms with Crippen molar-refractivity contribution >= 4 is 0 Å². The Kier molecular flexibility index (Phi) is 4.87. The molecule has 4 fully saturated rings. The zero-order valence-corrected chi connectivity index (χ0v) is 22.3. The molecule has 5 aliphatic carbocycles. The molecule has 0 aromatic carbocycles. The Morgan fingerprint density at radius 2 is 1.38 bits per heavy atom. The maximum Gasteiger partial charge on any atom is 0.0639 e. The minimum absolute atomic E-state index is 0.00597. The Morgan fingerprint density at radius 3 is 2.06 bits per heavy atom. The third-order valence-electron chi connectivity index (χ3n) is 13.0. The Morgan fingerprint density at radius 1 is 0.688 bits per heavy atom. The molecule has 0 saturated heterocycles. The summed E-state index contributed by atoms with van der Waals surface area (Å²) in [4.78, 5) is 0. The Bertz CT molecular complexity index is 838. The molecule has 8 atom stereocenters. The van der Waals surface area contributed by atoms with Gasteiger partial charge in [-0.2, -0.15) is 0 Å². The van der Waals surface area contributed by atoms with Crippen molar-refractivity contribution in [3.05, 3.63) is 11.1 Å². The van der Waals surface area contributed by atoms with Crippen molar-refractivity contribution in [3.63, 3.8) is 0 Å². The summed E-state index contributed by atoms with van der Waals surface area (Å²) >= 11 is 0. The highest BCUT2D eigenvalue weighted by atomic mass is 16.3. The van der Waals surface area contributed by atoms with Gasteiger partial charge in [-0.1, -0.05) is 66.5 Å². The lowest BCUT2D eigenvalue weighted by Crippen LogP contribution is -2.65. The van der Waals surface area contributed by atoms with Gasteiger partial charge in [-0.15, -0.1) is 0 Å². The third kappa shape index (κ3) is 2.72. The summed E-state index contributed by atoms with van der Waals surface area (Å²) in [5.41, 5.74) is 4.40. The van der Waals surface area contributed by atoms with Gasteiger partial charge in [-0.05, 0) is 103 Å². The fourth-order valence-corrected chi connectivity index (χ4v) is 10.5. The highest BCUT2D eigenvalue weighted by molar-refractivity contribution is 5.39. The van der Waals surface area contributed by atoms with Crippen LogP contribution >= 0.6 is 0 Å². The zero-order valence-electron chi connectivity index (χ0n) is 22.3. The lowest BCUT2D eigenvalue weighted by atomic mass is 9.34. The third-order valence-corrected chi connectivity index (χ3v) is 13.0. The lowest BCUT2D eigenvalue weighted by molar-refractivity contribution is -0.210. The summed E-state index contributed by atoms with van der Waals surface area (Å²) in [6, 6.07) is 0. The smallest absolute Gasteiger partial charge is 0.0639 e. The first-order valence-electron chi connectivity index (χ1n) is 13.7. The van der Waals surface area contributed by atoms with Crippen molar-refractivity contribution in [2.75, 3.05) is 0 Å². The second-order valence-corrected chi connectivity index (χ2v) is 15.2. The highest BCUT2D eigenvalue weighted by Crippen LogP contribution is 2.75. The summed E-state index contributed by atoms with van der Waals surface area (Å²) in [6.07, 6.45) is 11.2. The number of allylic oxidation sites excluding steroid dienone is 1. The van der Waals surface area contributed by atoms with E-state index < -0.39 is 0 Å². The van der Waals surface area contributed by atoms with E-state index in [0.717, 1.165) is 25.7 Å². The summed E-state index contributed by atoms with van der Waals surface area (Å²) in [7, 11) is 0. The van der Waals surface area contributed by atoms with E-state index in [2.05, 4.69) is 55.4 Å². The Labute approximate surface area is 197 Å². The summed E-state index contributed by atoms with van der Waals surface area (Å²) in [5.74, 6) is 1.28. The summed E-state index contributed by atoms with van der Waals surface area (Å²) in [6.45, 7) is 19.7. The second-order valence-electron chi connectivity index (χ2n) is 15.2. The quantitative estimate of drug-likeness (QED) is 0.387. The van der Waals surface area contributed by atoms with Gasteiger partial charge in [0.25, 0.3) is 0 Å². The average molecular weight is 443 g/mol. The van der Waals surface area contributed by atoms with Gasteiger partial charge in [0.1, 0.15) is 0 Å². The van der Waals surface area contributed by atoms with Crippen LogP contribution < -0.4 is 0 Å². The van der Waals surface area contributed by atoms with Gasteiger partial charge < -0.3 is 10.2 Å². The monoisotopic (exact) mass is 442 g/mol. The van der Waals surface area contributed by atoms with Crippen molar-refractivity contribution < 1.29 is 10.2 Å². The van der Waals surface area contributed by atoms with Crippen LogP contribution in [0.2, 0.25) is 0 Å². The van der Waals surface area contributed by atoms with E-state index in [1.54, 1.807) is 11.1 Å². The van der Waals surface area contributed by atoms with Crippen molar-refractivity contribution in [2.45, 2.75) is 132 Å². The first kappa shape index (κ1) is 23.4.